The molecule has 0 aliphatic heterocycles. The Bertz CT molecular complexity index is 703. The summed E-state index contributed by atoms with van der Waals surface area (Å²) in [7, 11) is 0. The van der Waals surface area contributed by atoms with E-state index in [2.05, 4.69) is 0 Å². The zero-order valence-corrected chi connectivity index (χ0v) is 17.4. The first-order chi connectivity index (χ1) is 14.4. The molecule has 4 rings (SSSR count). The van der Waals surface area contributed by atoms with Crippen molar-refractivity contribution in [2.75, 3.05) is 0 Å². The molecular weight excluding hydrogens is 459 g/mol. The van der Waals surface area contributed by atoms with E-state index in [0.717, 1.165) is 6.42 Å². The van der Waals surface area contributed by atoms with Crippen LogP contribution in [0.4, 0.5) is 39.5 Å². The summed E-state index contributed by atoms with van der Waals surface area (Å²) in [4.78, 5) is 12.5. The topological polar surface area (TPSA) is 46.5 Å². The number of hydrogen-bond acceptors (Lipinski definition) is 3. The second kappa shape index (κ2) is 7.66. The van der Waals surface area contributed by atoms with E-state index in [4.69, 9.17) is 4.74 Å². The first kappa shape index (κ1) is 25.4. The highest BCUT2D eigenvalue weighted by atomic mass is 19.4. The van der Waals surface area contributed by atoms with E-state index < -0.39 is 48.0 Å². The lowest BCUT2D eigenvalue weighted by atomic mass is 9.47. The number of rotatable bonds is 6. The van der Waals surface area contributed by atoms with Crippen LogP contribution in [0.3, 0.4) is 0 Å². The number of hydrogen-bond donors (Lipinski definition) is 1. The minimum atomic E-state index is -6.90. The molecule has 4 aliphatic carbocycles. The average molecular weight is 484 g/mol. The van der Waals surface area contributed by atoms with Crippen LogP contribution in [0.2, 0.25) is 0 Å². The number of ether oxygens (including phenoxy) is 1. The summed E-state index contributed by atoms with van der Waals surface area (Å²) >= 11 is 0. The van der Waals surface area contributed by atoms with Crippen LogP contribution >= 0.6 is 0 Å². The second-order valence-electron chi connectivity index (χ2n) is 9.82. The standard InChI is InChI=1S/C20H25F9O3/c1-9(2)17(12-4-10-3-11(6-12)7-13(17)5-10)32-15(31)14(30)8-16(21,19(24,25)26)18(22,23)20(27,28)29/h9-14,30H,3-8H2,1-2H3. The van der Waals surface area contributed by atoms with Gasteiger partial charge < -0.3 is 9.84 Å². The molecule has 0 aromatic heterocycles. The quantitative estimate of drug-likeness (QED) is 0.395. The Morgan fingerprint density at radius 3 is 1.66 bits per heavy atom. The number of aliphatic hydroxyl groups is 1. The molecular formula is C20H25F9O3. The molecule has 4 saturated carbocycles. The first-order valence-electron chi connectivity index (χ1n) is 10.5. The van der Waals surface area contributed by atoms with Crippen molar-refractivity contribution in [3.05, 3.63) is 0 Å². The van der Waals surface area contributed by atoms with Gasteiger partial charge in [0, 0.05) is 6.42 Å². The van der Waals surface area contributed by atoms with Gasteiger partial charge in [-0.2, -0.15) is 35.1 Å². The van der Waals surface area contributed by atoms with Crippen molar-refractivity contribution in [1.82, 2.24) is 0 Å². The van der Waals surface area contributed by atoms with Gasteiger partial charge in [-0.15, -0.1) is 0 Å². The molecule has 4 aliphatic rings. The summed E-state index contributed by atoms with van der Waals surface area (Å²) in [5.74, 6) is -8.64. The van der Waals surface area contributed by atoms with E-state index in [1.165, 1.54) is 0 Å². The van der Waals surface area contributed by atoms with Crippen molar-refractivity contribution in [1.29, 1.82) is 0 Å². The normalized spacial score (nSPS) is 35.7. The van der Waals surface area contributed by atoms with Crippen molar-refractivity contribution in [2.24, 2.45) is 29.6 Å². The Morgan fingerprint density at radius 1 is 0.875 bits per heavy atom. The van der Waals surface area contributed by atoms with Gasteiger partial charge in [0.15, 0.2) is 6.10 Å². The average Bonchev–Trinajstić information content (AvgIpc) is 2.61. The van der Waals surface area contributed by atoms with Gasteiger partial charge in [-0.3, -0.25) is 0 Å². The van der Waals surface area contributed by atoms with Gasteiger partial charge in [0.05, 0.1) is 0 Å². The predicted octanol–water partition coefficient (Wildman–Crippen LogP) is 5.60. The summed E-state index contributed by atoms with van der Waals surface area (Å²) in [5.41, 5.74) is -7.42. The van der Waals surface area contributed by atoms with Crippen LogP contribution in [-0.4, -0.2) is 46.7 Å². The van der Waals surface area contributed by atoms with Gasteiger partial charge in [-0.25, -0.2) is 9.18 Å². The monoisotopic (exact) mass is 484 g/mol. The molecule has 0 spiro atoms. The van der Waals surface area contributed by atoms with E-state index in [9.17, 15) is 49.4 Å². The Hall–Kier alpha value is -1.20. The third kappa shape index (κ3) is 3.68. The van der Waals surface area contributed by atoms with Gasteiger partial charge in [0.2, 0.25) is 0 Å². The SMILES string of the molecule is CC(C)C1(OC(=O)C(O)CC(F)(C(F)(F)F)C(F)(F)C(F)(F)F)C2CC3CC(C2)CC1C3. The Morgan fingerprint density at radius 2 is 1.31 bits per heavy atom. The predicted molar refractivity (Wildman–Crippen MR) is 92.2 cm³/mol. The Balaban J connectivity index is 1.85. The van der Waals surface area contributed by atoms with Crippen LogP contribution in [0.25, 0.3) is 0 Å². The molecule has 0 aromatic carbocycles. The van der Waals surface area contributed by atoms with Gasteiger partial charge >= 0.3 is 24.2 Å². The maximum Gasteiger partial charge on any atom is 0.457 e. The number of aliphatic hydroxyl groups excluding tert-OH is 1. The number of alkyl halides is 9. The first-order valence-corrected chi connectivity index (χ1v) is 10.5. The molecule has 0 aromatic rings. The third-order valence-electron chi connectivity index (χ3n) is 7.64. The Labute approximate surface area is 178 Å². The maximum atomic E-state index is 14.3. The van der Waals surface area contributed by atoms with Crippen LogP contribution in [0.15, 0.2) is 0 Å². The maximum absolute atomic E-state index is 14.3. The van der Waals surface area contributed by atoms with E-state index >= 15 is 0 Å². The van der Waals surface area contributed by atoms with Crippen LogP contribution in [0.5, 0.6) is 0 Å². The highest BCUT2D eigenvalue weighted by Gasteiger charge is 2.81. The van der Waals surface area contributed by atoms with Crippen molar-refractivity contribution >= 4 is 5.97 Å². The lowest BCUT2D eigenvalue weighted by Crippen LogP contribution is -2.65. The smallest absolute Gasteiger partial charge is 0.456 e. The fourth-order valence-electron chi connectivity index (χ4n) is 6.39. The molecule has 0 saturated heterocycles. The van der Waals surface area contributed by atoms with Crippen molar-refractivity contribution in [2.45, 2.75) is 88.0 Å². The van der Waals surface area contributed by atoms with Gasteiger partial charge in [-0.1, -0.05) is 13.8 Å². The van der Waals surface area contributed by atoms with Crippen molar-refractivity contribution < 1.29 is 54.2 Å². The molecule has 4 fully saturated rings. The highest BCUT2D eigenvalue weighted by molar-refractivity contribution is 5.75. The molecule has 12 heteroatoms. The molecule has 0 amide bonds. The molecule has 0 radical (unpaired) electrons. The van der Waals surface area contributed by atoms with Gasteiger partial charge in [0.25, 0.3) is 5.67 Å². The highest BCUT2D eigenvalue weighted by Crippen LogP contribution is 2.62. The van der Waals surface area contributed by atoms with Crippen molar-refractivity contribution in [3.63, 3.8) is 0 Å². The summed E-state index contributed by atoms with van der Waals surface area (Å²) in [6.45, 7) is 3.41. The molecule has 2 atom stereocenters. The van der Waals surface area contributed by atoms with E-state index in [1.807, 2.05) is 0 Å². The van der Waals surface area contributed by atoms with Crippen molar-refractivity contribution in [3.8, 4) is 0 Å². The van der Waals surface area contributed by atoms with E-state index in [1.54, 1.807) is 13.8 Å². The zero-order valence-electron chi connectivity index (χ0n) is 17.4. The van der Waals surface area contributed by atoms with Crippen LogP contribution in [0, 0.1) is 29.6 Å². The Kier molecular flexibility index (Phi) is 6.09. The van der Waals surface area contributed by atoms with E-state index in [-0.39, 0.29) is 17.8 Å². The number of esters is 1. The molecule has 0 heterocycles. The lowest BCUT2D eigenvalue weighted by Gasteiger charge is -2.62. The molecule has 3 nitrogen and oxygen atoms in total. The molecule has 4 bridgehead atoms. The lowest BCUT2D eigenvalue weighted by molar-refractivity contribution is -0.387. The largest absolute Gasteiger partial charge is 0.457 e. The van der Waals surface area contributed by atoms with Crippen LogP contribution in [-0.2, 0) is 9.53 Å². The van der Waals surface area contributed by atoms with E-state index in [0.29, 0.717) is 37.5 Å². The number of carbonyl (C=O) groups excluding carboxylic acids is 1. The molecule has 1 N–H and O–H groups in total. The minimum Gasteiger partial charge on any atom is -0.456 e. The fraction of sp³-hybridized carbons (Fsp3) is 0.950. The zero-order chi connectivity index (χ0) is 24.5. The number of carbonyl (C=O) groups is 1. The van der Waals surface area contributed by atoms with Gasteiger partial charge in [-0.05, 0) is 61.7 Å². The van der Waals surface area contributed by atoms with Crippen LogP contribution in [0.1, 0.15) is 52.4 Å². The second-order valence-corrected chi connectivity index (χ2v) is 9.82. The molecule has 32 heavy (non-hydrogen) atoms. The van der Waals surface area contributed by atoms with Gasteiger partial charge in [0.1, 0.15) is 5.60 Å². The molecule has 186 valence electrons. The minimum absolute atomic E-state index is 0.177. The summed E-state index contributed by atoms with van der Waals surface area (Å²) in [5, 5.41) is 9.88. The third-order valence-corrected chi connectivity index (χ3v) is 7.64. The van der Waals surface area contributed by atoms with Crippen LogP contribution < -0.4 is 0 Å². The summed E-state index contributed by atoms with van der Waals surface area (Å²) in [6, 6.07) is 0. The fourth-order valence-corrected chi connectivity index (χ4v) is 6.39. The summed E-state index contributed by atoms with van der Waals surface area (Å²) < 4.78 is 124. The molecule has 2 unspecified atom stereocenters. The summed E-state index contributed by atoms with van der Waals surface area (Å²) in [6.07, 6.45) is -15.9. The number of halogens is 9.